The fourth-order valence-electron chi connectivity index (χ4n) is 1.47. The molecule has 1 unspecified atom stereocenters. The van der Waals surface area contributed by atoms with Crippen molar-refractivity contribution in [3.05, 3.63) is 24.3 Å². The summed E-state index contributed by atoms with van der Waals surface area (Å²) in [4.78, 5) is 22.5. The van der Waals surface area contributed by atoms with Gasteiger partial charge in [-0.15, -0.1) is 12.3 Å². The predicted octanol–water partition coefficient (Wildman–Crippen LogP) is 1.68. The summed E-state index contributed by atoms with van der Waals surface area (Å²) in [7, 11) is 0. The number of hydrogen-bond acceptors (Lipinski definition) is 3. The van der Waals surface area contributed by atoms with Gasteiger partial charge in [0.15, 0.2) is 0 Å². The van der Waals surface area contributed by atoms with Crippen molar-refractivity contribution in [2.75, 3.05) is 11.9 Å². The van der Waals surface area contributed by atoms with Gasteiger partial charge in [-0.05, 0) is 19.1 Å². The normalized spacial score (nSPS) is 11.0. The Balaban J connectivity index is 2.63. The van der Waals surface area contributed by atoms with E-state index in [1.165, 1.54) is 0 Å². The lowest BCUT2D eigenvalue weighted by Crippen LogP contribution is -2.42. The zero-order chi connectivity index (χ0) is 15.0. The van der Waals surface area contributed by atoms with Crippen LogP contribution in [0.25, 0.3) is 0 Å². The number of hydrogen-bond donors (Lipinski definition) is 3. The van der Waals surface area contributed by atoms with Crippen LogP contribution < -0.4 is 15.4 Å². The van der Waals surface area contributed by atoms with Crippen molar-refractivity contribution in [1.82, 2.24) is 5.32 Å². The van der Waals surface area contributed by atoms with Crippen LogP contribution in [0.2, 0.25) is 0 Å². The van der Waals surface area contributed by atoms with Crippen molar-refractivity contribution in [2.45, 2.75) is 19.4 Å². The molecule has 0 aromatic heterocycles. The first kappa shape index (κ1) is 15.4. The summed E-state index contributed by atoms with van der Waals surface area (Å²) < 4.78 is 5.29. The fourth-order valence-corrected chi connectivity index (χ4v) is 1.47. The monoisotopic (exact) mass is 276 g/mol. The van der Waals surface area contributed by atoms with Gasteiger partial charge in [0.25, 0.3) is 0 Å². The number of amides is 2. The van der Waals surface area contributed by atoms with Crippen molar-refractivity contribution >= 4 is 17.7 Å². The molecule has 6 heteroatoms. The van der Waals surface area contributed by atoms with Gasteiger partial charge >= 0.3 is 12.0 Å². The van der Waals surface area contributed by atoms with Crippen LogP contribution in [0.1, 0.15) is 13.3 Å². The highest BCUT2D eigenvalue weighted by Crippen LogP contribution is 2.17. The van der Waals surface area contributed by atoms with Gasteiger partial charge in [0.2, 0.25) is 0 Å². The number of carbonyl (C=O) groups is 2. The van der Waals surface area contributed by atoms with E-state index in [0.717, 1.165) is 0 Å². The van der Waals surface area contributed by atoms with Gasteiger partial charge in [0.1, 0.15) is 11.8 Å². The number of carbonyl (C=O) groups excluding carboxylic acids is 1. The summed E-state index contributed by atoms with van der Waals surface area (Å²) in [6.45, 7) is 2.36. The van der Waals surface area contributed by atoms with Crippen molar-refractivity contribution in [1.29, 1.82) is 0 Å². The largest absolute Gasteiger partial charge is 0.494 e. The SMILES string of the molecule is C#CCC(NC(=O)Nc1cccc(OCC)c1)C(=O)O. The molecule has 0 aliphatic heterocycles. The van der Waals surface area contributed by atoms with Crippen LogP contribution in [-0.4, -0.2) is 29.8 Å². The molecule has 1 aromatic carbocycles. The number of benzene rings is 1. The van der Waals surface area contributed by atoms with Crippen LogP contribution in [0.15, 0.2) is 24.3 Å². The van der Waals surface area contributed by atoms with Crippen LogP contribution in [0.3, 0.4) is 0 Å². The maximum Gasteiger partial charge on any atom is 0.327 e. The van der Waals surface area contributed by atoms with Crippen molar-refractivity contribution in [3.8, 4) is 18.1 Å². The smallest absolute Gasteiger partial charge is 0.327 e. The molecule has 6 nitrogen and oxygen atoms in total. The average Bonchev–Trinajstić information content (AvgIpc) is 2.38. The zero-order valence-electron chi connectivity index (χ0n) is 11.1. The fraction of sp³-hybridized carbons (Fsp3) is 0.286. The van der Waals surface area contributed by atoms with E-state index in [-0.39, 0.29) is 6.42 Å². The van der Waals surface area contributed by atoms with E-state index < -0.39 is 18.0 Å². The van der Waals surface area contributed by atoms with Crippen LogP contribution >= 0.6 is 0 Å². The average molecular weight is 276 g/mol. The molecule has 0 fully saturated rings. The summed E-state index contributed by atoms with van der Waals surface area (Å²) >= 11 is 0. The first-order chi connectivity index (χ1) is 9.56. The number of carboxylic acid groups (broad SMARTS) is 1. The number of ether oxygens (including phenoxy) is 1. The molecular weight excluding hydrogens is 260 g/mol. The first-order valence-corrected chi connectivity index (χ1v) is 6.03. The molecule has 1 aromatic rings. The lowest BCUT2D eigenvalue weighted by atomic mass is 10.2. The van der Waals surface area contributed by atoms with Gasteiger partial charge in [0, 0.05) is 18.2 Å². The predicted molar refractivity (Wildman–Crippen MR) is 74.6 cm³/mol. The first-order valence-electron chi connectivity index (χ1n) is 6.03. The number of rotatable bonds is 6. The molecule has 3 N–H and O–H groups in total. The number of anilines is 1. The molecule has 20 heavy (non-hydrogen) atoms. The third-order valence-corrected chi connectivity index (χ3v) is 2.33. The molecule has 1 atom stereocenters. The Kier molecular flexibility index (Phi) is 5.91. The zero-order valence-corrected chi connectivity index (χ0v) is 11.1. The van der Waals surface area contributed by atoms with Crippen LogP contribution in [0.4, 0.5) is 10.5 Å². The molecule has 0 saturated carbocycles. The Morgan fingerprint density at radius 3 is 2.85 bits per heavy atom. The topological polar surface area (TPSA) is 87.7 Å². The summed E-state index contributed by atoms with van der Waals surface area (Å²) in [6, 6.07) is 5.03. The van der Waals surface area contributed by atoms with Crippen LogP contribution in [0, 0.1) is 12.3 Å². The van der Waals surface area contributed by atoms with E-state index in [0.29, 0.717) is 18.0 Å². The van der Waals surface area contributed by atoms with Gasteiger partial charge in [0.05, 0.1) is 6.61 Å². The highest BCUT2D eigenvalue weighted by molar-refractivity contribution is 5.92. The number of terminal acetylenes is 1. The second-order valence-electron chi connectivity index (χ2n) is 3.86. The van der Waals surface area contributed by atoms with E-state index in [4.69, 9.17) is 16.3 Å². The van der Waals surface area contributed by atoms with E-state index in [2.05, 4.69) is 16.6 Å². The summed E-state index contributed by atoms with van der Waals surface area (Å²) in [5.41, 5.74) is 0.498. The number of urea groups is 1. The number of carboxylic acids is 1. The second kappa shape index (κ2) is 7.69. The molecule has 0 bridgehead atoms. The quantitative estimate of drug-likeness (QED) is 0.690. The third kappa shape index (κ3) is 4.90. The molecular formula is C14H16N2O4. The third-order valence-electron chi connectivity index (χ3n) is 2.33. The second-order valence-corrected chi connectivity index (χ2v) is 3.86. The summed E-state index contributed by atoms with van der Waals surface area (Å²) in [5, 5.41) is 13.7. The number of nitrogens with one attached hydrogen (secondary N) is 2. The van der Waals surface area contributed by atoms with Crippen molar-refractivity contribution in [3.63, 3.8) is 0 Å². The van der Waals surface area contributed by atoms with Gasteiger partial charge < -0.3 is 20.5 Å². The van der Waals surface area contributed by atoms with E-state index in [1.807, 2.05) is 6.92 Å². The van der Waals surface area contributed by atoms with E-state index >= 15 is 0 Å². The van der Waals surface area contributed by atoms with Gasteiger partial charge in [-0.2, -0.15) is 0 Å². The molecule has 2 amide bonds. The van der Waals surface area contributed by atoms with Crippen LogP contribution in [-0.2, 0) is 4.79 Å². The standard InChI is InChI=1S/C14H16N2O4/c1-3-6-12(13(17)18)16-14(19)15-10-7-5-8-11(9-10)20-4-2/h1,5,7-9,12H,4,6H2,2H3,(H,17,18)(H2,15,16,19). The Labute approximate surface area is 117 Å². The number of aliphatic carboxylic acids is 1. The summed E-state index contributed by atoms with van der Waals surface area (Å²) in [6.07, 6.45) is 4.97. The summed E-state index contributed by atoms with van der Waals surface area (Å²) in [5.74, 6) is 1.64. The van der Waals surface area contributed by atoms with Crippen molar-refractivity contribution in [2.24, 2.45) is 0 Å². The molecule has 0 aliphatic carbocycles. The Morgan fingerprint density at radius 1 is 1.50 bits per heavy atom. The van der Waals surface area contributed by atoms with E-state index in [1.54, 1.807) is 24.3 Å². The van der Waals surface area contributed by atoms with Gasteiger partial charge in [-0.3, -0.25) is 0 Å². The highest BCUT2D eigenvalue weighted by atomic mass is 16.5. The molecule has 0 radical (unpaired) electrons. The Hall–Kier alpha value is -2.68. The maximum atomic E-state index is 11.7. The van der Waals surface area contributed by atoms with E-state index in [9.17, 15) is 9.59 Å². The molecule has 0 spiro atoms. The molecule has 0 heterocycles. The Morgan fingerprint density at radius 2 is 2.25 bits per heavy atom. The minimum atomic E-state index is -1.18. The van der Waals surface area contributed by atoms with Crippen LogP contribution in [0.5, 0.6) is 5.75 Å². The lowest BCUT2D eigenvalue weighted by molar-refractivity contribution is -0.139. The highest BCUT2D eigenvalue weighted by Gasteiger charge is 2.18. The molecule has 1 rings (SSSR count). The lowest BCUT2D eigenvalue weighted by Gasteiger charge is -2.13. The minimum absolute atomic E-state index is 0.0816. The van der Waals surface area contributed by atoms with Gasteiger partial charge in [-0.25, -0.2) is 9.59 Å². The Bertz CT molecular complexity index is 522. The maximum absolute atomic E-state index is 11.7. The van der Waals surface area contributed by atoms with Gasteiger partial charge in [-0.1, -0.05) is 6.07 Å². The molecule has 106 valence electrons. The molecule has 0 saturated heterocycles. The molecule has 0 aliphatic rings. The van der Waals surface area contributed by atoms with Crippen molar-refractivity contribution < 1.29 is 19.4 Å². The minimum Gasteiger partial charge on any atom is -0.494 e.